The van der Waals surface area contributed by atoms with Crippen LogP contribution in [-0.2, 0) is 9.47 Å². The van der Waals surface area contributed by atoms with Crippen LogP contribution in [0.4, 0.5) is 4.39 Å². The molecular formula is C10H9FO5. The Kier molecular flexibility index (Phi) is 3.44. The van der Waals surface area contributed by atoms with Crippen molar-refractivity contribution >= 4 is 11.9 Å². The zero-order valence-corrected chi connectivity index (χ0v) is 8.61. The van der Waals surface area contributed by atoms with E-state index in [0.29, 0.717) is 6.07 Å². The average molecular weight is 228 g/mol. The monoisotopic (exact) mass is 228 g/mol. The summed E-state index contributed by atoms with van der Waals surface area (Å²) in [6.07, 6.45) is 0. The van der Waals surface area contributed by atoms with E-state index in [9.17, 15) is 14.0 Å². The molecule has 0 aliphatic carbocycles. The van der Waals surface area contributed by atoms with Crippen LogP contribution in [0.25, 0.3) is 0 Å². The van der Waals surface area contributed by atoms with Gasteiger partial charge in [0.05, 0.1) is 19.8 Å². The Morgan fingerprint density at radius 2 is 1.75 bits per heavy atom. The van der Waals surface area contributed by atoms with Gasteiger partial charge in [-0.1, -0.05) is 0 Å². The molecule has 0 heterocycles. The molecule has 0 aliphatic rings. The van der Waals surface area contributed by atoms with Crippen molar-refractivity contribution < 1.29 is 28.6 Å². The lowest BCUT2D eigenvalue weighted by atomic mass is 10.1. The minimum Gasteiger partial charge on any atom is -0.508 e. The zero-order valence-electron chi connectivity index (χ0n) is 8.61. The van der Waals surface area contributed by atoms with Crippen LogP contribution in [0.1, 0.15) is 20.7 Å². The second-order valence-electron chi connectivity index (χ2n) is 2.83. The van der Waals surface area contributed by atoms with E-state index in [4.69, 9.17) is 5.11 Å². The Morgan fingerprint density at radius 3 is 2.25 bits per heavy atom. The Bertz CT molecular complexity index is 441. The maximum atomic E-state index is 13.4. The van der Waals surface area contributed by atoms with Crippen LogP contribution in [0.5, 0.6) is 5.75 Å². The van der Waals surface area contributed by atoms with E-state index >= 15 is 0 Å². The number of phenolic OH excluding ortho intramolecular Hbond substituents is 1. The van der Waals surface area contributed by atoms with Crippen molar-refractivity contribution in [2.45, 2.75) is 0 Å². The van der Waals surface area contributed by atoms with E-state index < -0.39 is 29.1 Å². The summed E-state index contributed by atoms with van der Waals surface area (Å²) in [5, 5.41) is 9.12. The molecule has 1 aromatic carbocycles. The van der Waals surface area contributed by atoms with Gasteiger partial charge in [-0.15, -0.1) is 0 Å². The van der Waals surface area contributed by atoms with E-state index in [-0.39, 0.29) is 5.56 Å². The van der Waals surface area contributed by atoms with Gasteiger partial charge in [0.2, 0.25) is 0 Å². The van der Waals surface area contributed by atoms with Crippen molar-refractivity contribution in [1.82, 2.24) is 0 Å². The number of carbonyl (C=O) groups is 2. The second-order valence-corrected chi connectivity index (χ2v) is 2.83. The summed E-state index contributed by atoms with van der Waals surface area (Å²) in [5.41, 5.74) is -0.945. The summed E-state index contributed by atoms with van der Waals surface area (Å²) in [4.78, 5) is 22.5. The topological polar surface area (TPSA) is 72.8 Å². The van der Waals surface area contributed by atoms with Gasteiger partial charge in [0.1, 0.15) is 17.1 Å². The van der Waals surface area contributed by atoms with Gasteiger partial charge < -0.3 is 14.6 Å². The Hall–Kier alpha value is -2.11. The number of hydrogen-bond donors (Lipinski definition) is 1. The molecule has 0 atom stereocenters. The van der Waals surface area contributed by atoms with Gasteiger partial charge in [0.25, 0.3) is 0 Å². The molecule has 0 fully saturated rings. The summed E-state index contributed by atoms with van der Waals surface area (Å²) in [6, 6.07) is 1.64. The van der Waals surface area contributed by atoms with Crippen molar-refractivity contribution in [3.63, 3.8) is 0 Å². The minimum atomic E-state index is -1.05. The van der Waals surface area contributed by atoms with Gasteiger partial charge in [-0.2, -0.15) is 0 Å². The maximum absolute atomic E-state index is 13.4. The highest BCUT2D eigenvalue weighted by atomic mass is 19.1. The Labute approximate surface area is 90.4 Å². The number of esters is 2. The second kappa shape index (κ2) is 4.61. The highest BCUT2D eigenvalue weighted by molar-refractivity contribution is 6.03. The van der Waals surface area contributed by atoms with Crippen LogP contribution < -0.4 is 0 Å². The predicted octanol–water partition coefficient (Wildman–Crippen LogP) is 1.10. The number of hydrogen-bond acceptors (Lipinski definition) is 5. The predicted molar refractivity (Wildman–Crippen MR) is 50.7 cm³/mol. The average Bonchev–Trinajstić information content (AvgIpc) is 2.26. The summed E-state index contributed by atoms with van der Waals surface area (Å²) < 4.78 is 22.1. The third kappa shape index (κ3) is 2.10. The number of rotatable bonds is 2. The number of phenols is 1. The lowest BCUT2D eigenvalue weighted by molar-refractivity contribution is 0.0550. The molecule has 0 aromatic heterocycles. The van der Waals surface area contributed by atoms with Crippen molar-refractivity contribution in [2.75, 3.05) is 14.2 Å². The van der Waals surface area contributed by atoms with E-state index in [1.807, 2.05) is 0 Å². The molecule has 86 valence electrons. The van der Waals surface area contributed by atoms with Crippen molar-refractivity contribution in [3.8, 4) is 5.75 Å². The summed E-state index contributed by atoms with van der Waals surface area (Å²) in [6.45, 7) is 0. The third-order valence-electron chi connectivity index (χ3n) is 1.87. The van der Waals surface area contributed by atoms with E-state index in [2.05, 4.69) is 9.47 Å². The summed E-state index contributed by atoms with van der Waals surface area (Å²) in [7, 11) is 2.13. The zero-order chi connectivity index (χ0) is 12.3. The fourth-order valence-electron chi connectivity index (χ4n) is 1.17. The summed E-state index contributed by atoms with van der Waals surface area (Å²) in [5.74, 6) is -3.48. The molecule has 0 spiro atoms. The highest BCUT2D eigenvalue weighted by Gasteiger charge is 2.23. The van der Waals surface area contributed by atoms with Crippen LogP contribution in [0.2, 0.25) is 0 Å². The van der Waals surface area contributed by atoms with Crippen LogP contribution >= 0.6 is 0 Å². The molecule has 1 aromatic rings. The van der Waals surface area contributed by atoms with Crippen LogP contribution in [0, 0.1) is 5.82 Å². The molecule has 0 saturated heterocycles. The van der Waals surface area contributed by atoms with E-state index in [1.165, 1.54) is 0 Å². The number of benzene rings is 1. The smallest absolute Gasteiger partial charge is 0.341 e. The van der Waals surface area contributed by atoms with Crippen LogP contribution in [-0.4, -0.2) is 31.3 Å². The minimum absolute atomic E-state index is 0.383. The largest absolute Gasteiger partial charge is 0.508 e. The molecule has 5 nitrogen and oxygen atoms in total. The van der Waals surface area contributed by atoms with Crippen molar-refractivity contribution in [2.24, 2.45) is 0 Å². The molecule has 0 unspecified atom stereocenters. The molecular weight excluding hydrogens is 219 g/mol. The lowest BCUT2D eigenvalue weighted by Gasteiger charge is -2.07. The first-order valence-corrected chi connectivity index (χ1v) is 4.20. The molecule has 0 radical (unpaired) electrons. The number of carbonyl (C=O) groups excluding carboxylic acids is 2. The SMILES string of the molecule is COC(=O)c1cc(O)cc(F)c1C(=O)OC. The lowest BCUT2D eigenvalue weighted by Crippen LogP contribution is -2.13. The highest BCUT2D eigenvalue weighted by Crippen LogP contribution is 2.22. The van der Waals surface area contributed by atoms with Gasteiger partial charge in [-0.05, 0) is 6.07 Å². The molecule has 6 heteroatoms. The van der Waals surface area contributed by atoms with Gasteiger partial charge in [-0.25, -0.2) is 14.0 Å². The fourth-order valence-corrected chi connectivity index (χ4v) is 1.17. The summed E-state index contributed by atoms with van der Waals surface area (Å²) >= 11 is 0. The number of halogens is 1. The van der Waals surface area contributed by atoms with Crippen LogP contribution in [0.3, 0.4) is 0 Å². The first kappa shape index (κ1) is 12.0. The van der Waals surface area contributed by atoms with Gasteiger partial charge >= 0.3 is 11.9 Å². The number of ether oxygens (including phenoxy) is 2. The molecule has 0 saturated carbocycles. The van der Waals surface area contributed by atoms with Gasteiger partial charge in [-0.3, -0.25) is 0 Å². The molecule has 1 N–H and O–H groups in total. The number of methoxy groups -OCH3 is 2. The number of aromatic hydroxyl groups is 1. The fraction of sp³-hybridized carbons (Fsp3) is 0.200. The van der Waals surface area contributed by atoms with Gasteiger partial charge in [0.15, 0.2) is 0 Å². The standard InChI is InChI=1S/C10H9FO5/c1-15-9(13)6-3-5(12)4-7(11)8(6)10(14)16-2/h3-4,12H,1-2H3. The van der Waals surface area contributed by atoms with E-state index in [0.717, 1.165) is 20.3 Å². The quantitative estimate of drug-likeness (QED) is 0.767. The van der Waals surface area contributed by atoms with E-state index in [1.54, 1.807) is 0 Å². The van der Waals surface area contributed by atoms with Crippen molar-refractivity contribution in [1.29, 1.82) is 0 Å². The Morgan fingerprint density at radius 1 is 1.19 bits per heavy atom. The maximum Gasteiger partial charge on any atom is 0.341 e. The Balaban J connectivity index is 3.44. The third-order valence-corrected chi connectivity index (χ3v) is 1.87. The normalized spacial score (nSPS) is 9.69. The molecule has 0 amide bonds. The molecule has 1 rings (SSSR count). The molecule has 0 bridgehead atoms. The van der Waals surface area contributed by atoms with Crippen molar-refractivity contribution in [3.05, 3.63) is 29.1 Å². The first-order valence-electron chi connectivity index (χ1n) is 4.20. The van der Waals surface area contributed by atoms with Crippen LogP contribution in [0.15, 0.2) is 12.1 Å². The first-order chi connectivity index (χ1) is 7.51. The molecule has 16 heavy (non-hydrogen) atoms. The van der Waals surface area contributed by atoms with Gasteiger partial charge in [0, 0.05) is 6.07 Å². The molecule has 0 aliphatic heterocycles.